The normalized spacial score (nSPS) is 18.6. The number of fused-ring (bicyclic) bond motifs is 2. The summed E-state index contributed by atoms with van der Waals surface area (Å²) in [5, 5.41) is 20.9. The van der Waals surface area contributed by atoms with E-state index in [4.69, 9.17) is 14.6 Å². The lowest BCUT2D eigenvalue weighted by molar-refractivity contribution is -0.122. The first kappa shape index (κ1) is 16.5. The van der Waals surface area contributed by atoms with Crippen molar-refractivity contribution in [3.05, 3.63) is 17.7 Å². The number of carbonyl (C=O) groups excluding carboxylic acids is 1. The number of aliphatic imine (C=N–C) groups is 1. The molecule has 8 nitrogen and oxygen atoms in total. The van der Waals surface area contributed by atoms with Crippen molar-refractivity contribution in [3.8, 4) is 11.5 Å². The number of benzene rings is 1. The first-order valence-electron chi connectivity index (χ1n) is 7.90. The van der Waals surface area contributed by atoms with Crippen molar-refractivity contribution < 1.29 is 24.5 Å². The molecule has 0 saturated carbocycles. The van der Waals surface area contributed by atoms with Crippen LogP contribution >= 0.6 is 0 Å². The Kier molecular flexibility index (Phi) is 4.86. The molecule has 1 unspecified atom stereocenters. The van der Waals surface area contributed by atoms with Crippen molar-refractivity contribution in [2.75, 3.05) is 26.9 Å². The molecule has 1 aromatic carbocycles. The molecule has 1 saturated heterocycles. The van der Waals surface area contributed by atoms with E-state index in [9.17, 15) is 9.90 Å². The Labute approximate surface area is 139 Å². The van der Waals surface area contributed by atoms with Gasteiger partial charge in [-0.25, -0.2) is 4.99 Å². The Hall–Kier alpha value is -2.32. The van der Waals surface area contributed by atoms with E-state index in [0.717, 1.165) is 12.0 Å². The van der Waals surface area contributed by atoms with Gasteiger partial charge >= 0.3 is 0 Å². The molecular weight excluding hydrogens is 314 g/mol. The first-order valence-corrected chi connectivity index (χ1v) is 7.90. The number of nitrogens with one attached hydrogen (secondary N) is 1. The van der Waals surface area contributed by atoms with Gasteiger partial charge in [0, 0.05) is 12.2 Å². The highest BCUT2D eigenvalue weighted by molar-refractivity contribution is 6.08. The topological polar surface area (TPSA) is 104 Å². The van der Waals surface area contributed by atoms with Gasteiger partial charge in [0.25, 0.3) is 5.91 Å². The van der Waals surface area contributed by atoms with Crippen LogP contribution < -0.4 is 14.8 Å². The number of guanidine groups is 1. The Bertz CT molecular complexity index is 661. The van der Waals surface area contributed by atoms with Crippen LogP contribution in [0.15, 0.2) is 17.1 Å². The second-order valence-electron chi connectivity index (χ2n) is 5.62. The van der Waals surface area contributed by atoms with Gasteiger partial charge in [-0.1, -0.05) is 0 Å². The summed E-state index contributed by atoms with van der Waals surface area (Å²) in [5.74, 6) is 1.37. The number of aliphatic hydroxyl groups is 2. The van der Waals surface area contributed by atoms with E-state index in [1.54, 1.807) is 18.1 Å². The van der Waals surface area contributed by atoms with Gasteiger partial charge in [-0.3, -0.25) is 10.1 Å². The number of unbranched alkanes of at least 4 members (excludes halogenated alkanes) is 1. The van der Waals surface area contributed by atoms with Crippen LogP contribution in [-0.4, -0.2) is 60.0 Å². The maximum absolute atomic E-state index is 11.9. The van der Waals surface area contributed by atoms with Crippen LogP contribution in [0.4, 0.5) is 5.69 Å². The molecule has 130 valence electrons. The lowest BCUT2D eigenvalue weighted by atomic mass is 10.1. The smallest absolute Gasteiger partial charge is 0.251 e. The van der Waals surface area contributed by atoms with Crippen molar-refractivity contribution in [1.82, 2.24) is 10.2 Å². The monoisotopic (exact) mass is 335 g/mol. The first-order chi connectivity index (χ1) is 11.7. The quantitative estimate of drug-likeness (QED) is 0.613. The van der Waals surface area contributed by atoms with Crippen LogP contribution in [0, 0.1) is 0 Å². The summed E-state index contributed by atoms with van der Waals surface area (Å²) in [4.78, 5) is 18.0. The third kappa shape index (κ3) is 2.90. The molecule has 0 aromatic heterocycles. The van der Waals surface area contributed by atoms with E-state index in [1.165, 1.54) is 0 Å². The maximum atomic E-state index is 11.9. The third-order valence-corrected chi connectivity index (χ3v) is 4.13. The molecule has 8 heteroatoms. The summed E-state index contributed by atoms with van der Waals surface area (Å²) < 4.78 is 11.3. The zero-order chi connectivity index (χ0) is 17.1. The number of carbonyl (C=O) groups is 1. The molecule has 3 N–H and O–H groups in total. The number of methoxy groups -OCH3 is 1. The van der Waals surface area contributed by atoms with E-state index in [-0.39, 0.29) is 19.1 Å². The Morgan fingerprint density at radius 3 is 2.92 bits per heavy atom. The van der Waals surface area contributed by atoms with E-state index >= 15 is 0 Å². The highest BCUT2D eigenvalue weighted by Crippen LogP contribution is 2.41. The summed E-state index contributed by atoms with van der Waals surface area (Å²) in [6, 6.07) is 2.97. The second kappa shape index (κ2) is 7.06. The van der Waals surface area contributed by atoms with Gasteiger partial charge in [0.2, 0.25) is 5.96 Å². The van der Waals surface area contributed by atoms with Crippen molar-refractivity contribution in [2.45, 2.75) is 25.4 Å². The zero-order valence-electron chi connectivity index (χ0n) is 13.5. The molecule has 0 radical (unpaired) electrons. The predicted molar refractivity (Wildman–Crippen MR) is 86.5 cm³/mol. The standard InChI is InChI=1S/C16H21N3O5/c1-23-14-10-8-19-12(9-21)15(22)18-16(19)17-11(10)4-5-13(14)24-7-3-2-6-20/h4-5,12,20-21H,2-3,6-9H2,1H3,(H,17,18,22). The summed E-state index contributed by atoms with van der Waals surface area (Å²) in [7, 11) is 1.56. The largest absolute Gasteiger partial charge is 0.492 e. The van der Waals surface area contributed by atoms with E-state index in [0.29, 0.717) is 42.7 Å². The SMILES string of the molecule is COc1c(OCCCCO)ccc2c1CN1C(=N2)NC(=O)C1CO. The van der Waals surface area contributed by atoms with E-state index in [1.807, 2.05) is 6.07 Å². The summed E-state index contributed by atoms with van der Waals surface area (Å²) >= 11 is 0. The summed E-state index contributed by atoms with van der Waals surface area (Å²) in [6.07, 6.45) is 1.43. The van der Waals surface area contributed by atoms with Crippen LogP contribution in [0.25, 0.3) is 0 Å². The van der Waals surface area contributed by atoms with Gasteiger partial charge in [-0.05, 0) is 25.0 Å². The Balaban J connectivity index is 1.86. The fourth-order valence-corrected chi connectivity index (χ4v) is 2.88. The van der Waals surface area contributed by atoms with Crippen molar-refractivity contribution >= 4 is 17.6 Å². The minimum atomic E-state index is -0.643. The van der Waals surface area contributed by atoms with Gasteiger partial charge in [0.05, 0.1) is 32.6 Å². The molecule has 1 fully saturated rings. The fraction of sp³-hybridized carbons (Fsp3) is 0.500. The van der Waals surface area contributed by atoms with Gasteiger partial charge in [0.1, 0.15) is 6.04 Å². The second-order valence-corrected chi connectivity index (χ2v) is 5.62. The van der Waals surface area contributed by atoms with Gasteiger partial charge in [-0.2, -0.15) is 0 Å². The van der Waals surface area contributed by atoms with Gasteiger partial charge in [0.15, 0.2) is 11.5 Å². The van der Waals surface area contributed by atoms with Crippen LogP contribution in [0.5, 0.6) is 11.5 Å². The number of hydrogen-bond acceptors (Lipinski definition) is 7. The molecule has 0 aliphatic carbocycles. The average molecular weight is 335 g/mol. The van der Waals surface area contributed by atoms with Crippen molar-refractivity contribution in [1.29, 1.82) is 0 Å². The molecule has 0 bridgehead atoms. The van der Waals surface area contributed by atoms with Crippen LogP contribution in [0.2, 0.25) is 0 Å². The molecule has 1 amide bonds. The predicted octanol–water partition coefficient (Wildman–Crippen LogP) is 0.140. The van der Waals surface area contributed by atoms with E-state index < -0.39 is 6.04 Å². The molecule has 2 aliphatic rings. The lowest BCUT2D eigenvalue weighted by Crippen LogP contribution is -2.39. The summed E-state index contributed by atoms with van der Waals surface area (Å²) in [5.41, 5.74) is 1.52. The number of amides is 1. The zero-order valence-corrected chi connectivity index (χ0v) is 13.5. The molecule has 2 aliphatic heterocycles. The lowest BCUT2D eigenvalue weighted by Gasteiger charge is -2.28. The van der Waals surface area contributed by atoms with Gasteiger partial charge < -0.3 is 24.6 Å². The minimum Gasteiger partial charge on any atom is -0.492 e. The van der Waals surface area contributed by atoms with Crippen LogP contribution in [0.1, 0.15) is 18.4 Å². The molecule has 3 rings (SSSR count). The van der Waals surface area contributed by atoms with Crippen molar-refractivity contribution in [3.63, 3.8) is 0 Å². The molecular formula is C16H21N3O5. The summed E-state index contributed by atoms with van der Waals surface area (Å²) in [6.45, 7) is 0.739. The molecule has 24 heavy (non-hydrogen) atoms. The highest BCUT2D eigenvalue weighted by atomic mass is 16.5. The Morgan fingerprint density at radius 1 is 1.38 bits per heavy atom. The Morgan fingerprint density at radius 2 is 2.21 bits per heavy atom. The molecule has 1 aromatic rings. The van der Waals surface area contributed by atoms with Crippen LogP contribution in [-0.2, 0) is 11.3 Å². The minimum absolute atomic E-state index is 0.140. The maximum Gasteiger partial charge on any atom is 0.251 e. The number of hydrogen-bond donors (Lipinski definition) is 3. The fourth-order valence-electron chi connectivity index (χ4n) is 2.88. The van der Waals surface area contributed by atoms with Crippen molar-refractivity contribution in [2.24, 2.45) is 4.99 Å². The third-order valence-electron chi connectivity index (χ3n) is 4.13. The van der Waals surface area contributed by atoms with Crippen LogP contribution in [0.3, 0.4) is 0 Å². The number of aliphatic hydroxyl groups excluding tert-OH is 2. The molecule has 1 atom stereocenters. The molecule has 2 heterocycles. The highest BCUT2D eigenvalue weighted by Gasteiger charge is 2.39. The van der Waals surface area contributed by atoms with Gasteiger partial charge in [-0.15, -0.1) is 0 Å². The molecule has 0 spiro atoms. The average Bonchev–Trinajstić information content (AvgIpc) is 2.90. The number of rotatable bonds is 7. The van der Waals surface area contributed by atoms with E-state index in [2.05, 4.69) is 10.3 Å². The number of nitrogens with zero attached hydrogens (tertiary/aromatic N) is 2. The number of ether oxygens (including phenoxy) is 2.